The van der Waals surface area contributed by atoms with Crippen molar-refractivity contribution in [2.75, 3.05) is 31.9 Å². The van der Waals surface area contributed by atoms with Crippen molar-refractivity contribution in [1.29, 1.82) is 0 Å². The average Bonchev–Trinajstić information content (AvgIpc) is 3.11. The molecule has 2 heterocycles. The summed E-state index contributed by atoms with van der Waals surface area (Å²) in [4.78, 5) is 20.5. The van der Waals surface area contributed by atoms with Gasteiger partial charge < -0.3 is 10.6 Å². The molecule has 3 rings (SSSR count). The van der Waals surface area contributed by atoms with Crippen LogP contribution in [0.15, 0.2) is 6.33 Å². The predicted octanol–water partition coefficient (Wildman–Crippen LogP) is -0.0529. The van der Waals surface area contributed by atoms with Gasteiger partial charge in [-0.1, -0.05) is 12.8 Å². The Morgan fingerprint density at radius 1 is 1.25 bits per heavy atom. The number of carbonyl (C=O) groups is 1. The molecule has 0 bridgehead atoms. The highest BCUT2D eigenvalue weighted by Crippen LogP contribution is 2.24. The largest absolute Gasteiger partial charge is 0.367 e. The van der Waals surface area contributed by atoms with Gasteiger partial charge in [0.25, 0.3) is 0 Å². The molecule has 0 atom stereocenters. The van der Waals surface area contributed by atoms with Crippen LogP contribution in [0.25, 0.3) is 0 Å². The number of rotatable bonds is 3. The molecule has 1 amide bonds. The molecule has 20 heavy (non-hydrogen) atoms. The van der Waals surface area contributed by atoms with E-state index in [4.69, 9.17) is 5.73 Å². The number of nitrogen functional groups attached to an aromatic ring is 1. The number of hydrogen-bond donors (Lipinski definition) is 1. The summed E-state index contributed by atoms with van der Waals surface area (Å²) in [5.41, 5.74) is 5.45. The average molecular weight is 278 g/mol. The van der Waals surface area contributed by atoms with Crippen LogP contribution in [-0.4, -0.2) is 62.7 Å². The summed E-state index contributed by atoms with van der Waals surface area (Å²) in [5.74, 6) is 0.310. The lowest BCUT2D eigenvalue weighted by molar-refractivity contribution is -0.134. The molecule has 1 saturated carbocycles. The van der Waals surface area contributed by atoms with Crippen molar-refractivity contribution in [2.24, 2.45) is 0 Å². The van der Waals surface area contributed by atoms with Gasteiger partial charge in [-0.3, -0.25) is 9.69 Å². The molecule has 0 spiro atoms. The summed E-state index contributed by atoms with van der Waals surface area (Å²) in [6.45, 7) is 3.86. The number of aromatic nitrogens is 3. The molecule has 110 valence electrons. The Kier molecular flexibility index (Phi) is 3.86. The van der Waals surface area contributed by atoms with Crippen LogP contribution in [0.5, 0.6) is 0 Å². The molecule has 2 N–H and O–H groups in total. The van der Waals surface area contributed by atoms with Crippen LogP contribution in [0.2, 0.25) is 0 Å². The number of carbonyl (C=O) groups excluding carboxylic acids is 1. The first-order valence-electron chi connectivity index (χ1n) is 7.39. The Morgan fingerprint density at radius 2 is 1.95 bits per heavy atom. The maximum absolute atomic E-state index is 12.2. The number of piperazine rings is 1. The van der Waals surface area contributed by atoms with E-state index in [0.29, 0.717) is 0 Å². The monoisotopic (exact) mass is 278 g/mol. The molecule has 1 aromatic heterocycles. The number of nitrogens with zero attached hydrogens (tertiary/aromatic N) is 5. The molecule has 1 aromatic rings. The number of hydrogen-bond acceptors (Lipinski definition) is 5. The summed E-state index contributed by atoms with van der Waals surface area (Å²) in [5, 5.41) is 3.95. The van der Waals surface area contributed by atoms with Gasteiger partial charge in [0.1, 0.15) is 12.9 Å². The van der Waals surface area contributed by atoms with Gasteiger partial charge in [0.05, 0.1) is 0 Å². The maximum Gasteiger partial charge on any atom is 0.244 e. The molecule has 2 aliphatic rings. The van der Waals surface area contributed by atoms with Crippen molar-refractivity contribution >= 4 is 11.9 Å². The van der Waals surface area contributed by atoms with Gasteiger partial charge in [0, 0.05) is 32.2 Å². The highest BCUT2D eigenvalue weighted by molar-refractivity contribution is 5.76. The number of amides is 1. The van der Waals surface area contributed by atoms with Crippen molar-refractivity contribution < 1.29 is 4.79 Å². The number of nitrogens with two attached hydrogens (primary N) is 1. The van der Waals surface area contributed by atoms with E-state index in [2.05, 4.69) is 15.0 Å². The second-order valence-electron chi connectivity index (χ2n) is 5.66. The fourth-order valence-electron chi connectivity index (χ4n) is 3.23. The predicted molar refractivity (Wildman–Crippen MR) is 74.8 cm³/mol. The van der Waals surface area contributed by atoms with Crippen LogP contribution in [0.4, 0.5) is 5.95 Å². The SMILES string of the molecule is Nc1ncn(CC(=O)N2CCN(C3CCCC3)CC2)n1. The highest BCUT2D eigenvalue weighted by atomic mass is 16.2. The first-order chi connectivity index (χ1) is 9.72. The summed E-state index contributed by atoms with van der Waals surface area (Å²) in [7, 11) is 0. The zero-order valence-electron chi connectivity index (χ0n) is 11.7. The van der Waals surface area contributed by atoms with E-state index in [1.165, 1.54) is 36.7 Å². The van der Waals surface area contributed by atoms with Gasteiger partial charge in [-0.2, -0.15) is 0 Å². The zero-order chi connectivity index (χ0) is 13.9. The van der Waals surface area contributed by atoms with Gasteiger partial charge in [0.2, 0.25) is 11.9 Å². The van der Waals surface area contributed by atoms with Gasteiger partial charge >= 0.3 is 0 Å². The molecule has 1 aliphatic carbocycles. The Bertz CT molecular complexity index is 459. The van der Waals surface area contributed by atoms with Crippen LogP contribution >= 0.6 is 0 Å². The molecule has 0 aromatic carbocycles. The molecule has 2 fully saturated rings. The summed E-state index contributed by atoms with van der Waals surface area (Å²) < 4.78 is 1.50. The molecule has 1 aliphatic heterocycles. The van der Waals surface area contributed by atoms with E-state index < -0.39 is 0 Å². The minimum absolute atomic E-state index is 0.0981. The second-order valence-corrected chi connectivity index (χ2v) is 5.66. The third kappa shape index (κ3) is 2.92. The van der Waals surface area contributed by atoms with E-state index in [9.17, 15) is 4.79 Å². The first kappa shape index (κ1) is 13.4. The lowest BCUT2D eigenvalue weighted by Gasteiger charge is -2.38. The maximum atomic E-state index is 12.2. The quantitative estimate of drug-likeness (QED) is 0.838. The Hall–Kier alpha value is -1.63. The van der Waals surface area contributed by atoms with Gasteiger partial charge in [-0.05, 0) is 12.8 Å². The highest BCUT2D eigenvalue weighted by Gasteiger charge is 2.27. The van der Waals surface area contributed by atoms with Crippen LogP contribution < -0.4 is 5.73 Å². The normalized spacial score (nSPS) is 21.5. The van der Waals surface area contributed by atoms with Crippen LogP contribution in [0.1, 0.15) is 25.7 Å². The van der Waals surface area contributed by atoms with E-state index in [1.807, 2.05) is 4.90 Å². The second kappa shape index (κ2) is 5.78. The van der Waals surface area contributed by atoms with Crippen LogP contribution in [-0.2, 0) is 11.3 Å². The third-order valence-electron chi connectivity index (χ3n) is 4.36. The Labute approximate surface area is 118 Å². The van der Waals surface area contributed by atoms with E-state index in [0.717, 1.165) is 32.2 Å². The van der Waals surface area contributed by atoms with Gasteiger partial charge in [0.15, 0.2) is 0 Å². The van der Waals surface area contributed by atoms with Crippen molar-refractivity contribution in [2.45, 2.75) is 38.3 Å². The Balaban J connectivity index is 1.48. The van der Waals surface area contributed by atoms with Crippen molar-refractivity contribution in [3.05, 3.63) is 6.33 Å². The lowest BCUT2D eigenvalue weighted by atomic mass is 10.2. The van der Waals surface area contributed by atoms with Gasteiger partial charge in [-0.15, -0.1) is 5.10 Å². The van der Waals surface area contributed by atoms with Crippen molar-refractivity contribution in [3.8, 4) is 0 Å². The fourth-order valence-corrected chi connectivity index (χ4v) is 3.23. The standard InChI is InChI=1S/C13H22N6O/c14-13-15-10-19(16-13)9-12(20)18-7-5-17(6-8-18)11-3-1-2-4-11/h10-11H,1-9H2,(H2,14,16). The van der Waals surface area contributed by atoms with Crippen LogP contribution in [0, 0.1) is 0 Å². The topological polar surface area (TPSA) is 80.3 Å². The van der Waals surface area contributed by atoms with E-state index in [1.54, 1.807) is 0 Å². The first-order valence-corrected chi connectivity index (χ1v) is 7.39. The van der Waals surface area contributed by atoms with Crippen molar-refractivity contribution in [3.63, 3.8) is 0 Å². The van der Waals surface area contributed by atoms with Gasteiger partial charge in [-0.25, -0.2) is 9.67 Å². The lowest BCUT2D eigenvalue weighted by Crippen LogP contribution is -2.52. The molecule has 1 saturated heterocycles. The molecule has 0 unspecified atom stereocenters. The molecular formula is C13H22N6O. The summed E-state index contributed by atoms with van der Waals surface area (Å²) in [6, 6.07) is 0.752. The molecule has 7 heteroatoms. The van der Waals surface area contributed by atoms with Crippen LogP contribution in [0.3, 0.4) is 0 Å². The minimum atomic E-state index is 0.0981. The number of anilines is 1. The third-order valence-corrected chi connectivity index (χ3v) is 4.36. The molecular weight excluding hydrogens is 256 g/mol. The Morgan fingerprint density at radius 3 is 2.55 bits per heavy atom. The van der Waals surface area contributed by atoms with Crippen molar-refractivity contribution in [1.82, 2.24) is 24.6 Å². The minimum Gasteiger partial charge on any atom is -0.367 e. The smallest absolute Gasteiger partial charge is 0.244 e. The summed E-state index contributed by atoms with van der Waals surface area (Å²) >= 11 is 0. The van der Waals surface area contributed by atoms with E-state index in [-0.39, 0.29) is 18.4 Å². The summed E-state index contributed by atoms with van der Waals surface area (Å²) in [6.07, 6.45) is 6.87. The molecule has 7 nitrogen and oxygen atoms in total. The van der Waals surface area contributed by atoms with E-state index >= 15 is 0 Å². The molecule has 0 radical (unpaired) electrons. The zero-order valence-corrected chi connectivity index (χ0v) is 11.7. The fraction of sp³-hybridized carbons (Fsp3) is 0.769.